The van der Waals surface area contributed by atoms with E-state index in [-0.39, 0.29) is 6.17 Å². The van der Waals surface area contributed by atoms with Crippen LogP contribution in [0.15, 0.2) is 0 Å². The van der Waals surface area contributed by atoms with Gasteiger partial charge in [-0.15, -0.1) is 0 Å². The maximum atomic E-state index is 5.42. The molecule has 0 aliphatic carbocycles. The van der Waals surface area contributed by atoms with Gasteiger partial charge >= 0.3 is 0 Å². The minimum Gasteiger partial charge on any atom is -0.316 e. The van der Waals surface area contributed by atoms with E-state index in [1.54, 1.807) is 0 Å². The van der Waals surface area contributed by atoms with Crippen molar-refractivity contribution in [2.24, 2.45) is 17.4 Å². The Hall–Kier alpha value is -0.0800. The maximum Gasteiger partial charge on any atom is 0.0523 e. The summed E-state index contributed by atoms with van der Waals surface area (Å²) in [4.78, 5) is 0. The molecule has 0 saturated heterocycles. The third-order valence-corrected chi connectivity index (χ3v) is 1.76. The van der Waals surface area contributed by atoms with Crippen molar-refractivity contribution in [2.75, 3.05) is 0 Å². The van der Waals surface area contributed by atoms with Crippen LogP contribution < -0.4 is 11.5 Å². The molecule has 0 rings (SSSR count). The Bertz CT molecular complexity index is 57.9. The van der Waals surface area contributed by atoms with Gasteiger partial charge in [0, 0.05) is 0 Å². The number of hydrogen-bond donors (Lipinski definition) is 2. The van der Waals surface area contributed by atoms with E-state index in [1.807, 2.05) is 0 Å². The summed E-state index contributed by atoms with van der Waals surface area (Å²) in [7, 11) is 0. The molecule has 2 nitrogen and oxygen atoms in total. The smallest absolute Gasteiger partial charge is 0.0523 e. The van der Waals surface area contributed by atoms with Gasteiger partial charge in [-0.05, 0) is 12.3 Å². The van der Waals surface area contributed by atoms with Crippen LogP contribution in [0.1, 0.15) is 33.1 Å². The standard InChI is InChI=1S/C7H18N2/c1-3-6(4-2)5-7(8)9/h6-7H,3-5,8-9H2,1-2H3. The molecular formula is C7H18N2. The van der Waals surface area contributed by atoms with Crippen LogP contribution in [0, 0.1) is 5.92 Å². The van der Waals surface area contributed by atoms with Gasteiger partial charge in [-0.2, -0.15) is 0 Å². The summed E-state index contributed by atoms with van der Waals surface area (Å²) in [5, 5.41) is 0. The predicted octanol–water partition coefficient (Wildman–Crippen LogP) is 1.06. The van der Waals surface area contributed by atoms with Gasteiger partial charge in [0.25, 0.3) is 0 Å². The van der Waals surface area contributed by atoms with Crippen LogP contribution in [0.5, 0.6) is 0 Å². The molecular weight excluding hydrogens is 112 g/mol. The molecule has 0 bridgehead atoms. The molecule has 0 amide bonds. The summed E-state index contributed by atoms with van der Waals surface area (Å²) in [6.45, 7) is 4.35. The second kappa shape index (κ2) is 4.77. The zero-order valence-electron chi connectivity index (χ0n) is 6.43. The first-order chi connectivity index (χ1) is 4.20. The largest absolute Gasteiger partial charge is 0.316 e. The molecule has 0 aliphatic heterocycles. The van der Waals surface area contributed by atoms with E-state index >= 15 is 0 Å². The molecule has 0 aromatic heterocycles. The van der Waals surface area contributed by atoms with E-state index in [1.165, 1.54) is 12.8 Å². The van der Waals surface area contributed by atoms with Crippen LogP contribution in [0.25, 0.3) is 0 Å². The van der Waals surface area contributed by atoms with Crippen LogP contribution >= 0.6 is 0 Å². The van der Waals surface area contributed by atoms with Crippen molar-refractivity contribution >= 4 is 0 Å². The highest BCUT2D eigenvalue weighted by atomic mass is 14.8. The lowest BCUT2D eigenvalue weighted by Gasteiger charge is -2.13. The van der Waals surface area contributed by atoms with Crippen LogP contribution in [0.3, 0.4) is 0 Å². The fraction of sp³-hybridized carbons (Fsp3) is 1.00. The fourth-order valence-electron chi connectivity index (χ4n) is 1.01. The van der Waals surface area contributed by atoms with Gasteiger partial charge in [-0.3, -0.25) is 0 Å². The normalized spacial score (nSPS) is 11.3. The molecule has 56 valence electrons. The summed E-state index contributed by atoms with van der Waals surface area (Å²) in [6, 6.07) is 0. The van der Waals surface area contributed by atoms with Crippen molar-refractivity contribution in [2.45, 2.75) is 39.3 Å². The Labute approximate surface area is 57.6 Å². The minimum atomic E-state index is -0.116. The highest BCUT2D eigenvalue weighted by Crippen LogP contribution is 2.11. The third kappa shape index (κ3) is 4.43. The van der Waals surface area contributed by atoms with Crippen molar-refractivity contribution in [3.63, 3.8) is 0 Å². The molecule has 0 heterocycles. The maximum absolute atomic E-state index is 5.42. The number of hydrogen-bond acceptors (Lipinski definition) is 2. The van der Waals surface area contributed by atoms with Gasteiger partial charge in [-0.1, -0.05) is 26.7 Å². The Morgan fingerprint density at radius 2 is 1.56 bits per heavy atom. The predicted molar refractivity (Wildman–Crippen MR) is 40.9 cm³/mol. The van der Waals surface area contributed by atoms with Crippen molar-refractivity contribution < 1.29 is 0 Å². The Balaban J connectivity index is 3.31. The van der Waals surface area contributed by atoms with E-state index in [2.05, 4.69) is 13.8 Å². The molecule has 2 heteroatoms. The average Bonchev–Trinajstić information content (AvgIpc) is 1.82. The van der Waals surface area contributed by atoms with Gasteiger partial charge in [0.05, 0.1) is 6.17 Å². The monoisotopic (exact) mass is 130 g/mol. The summed E-state index contributed by atoms with van der Waals surface area (Å²) < 4.78 is 0. The topological polar surface area (TPSA) is 52.0 Å². The van der Waals surface area contributed by atoms with Crippen molar-refractivity contribution in [1.29, 1.82) is 0 Å². The number of nitrogens with two attached hydrogens (primary N) is 2. The van der Waals surface area contributed by atoms with E-state index in [9.17, 15) is 0 Å². The first kappa shape index (κ1) is 8.92. The SMILES string of the molecule is CCC(CC)CC(N)N. The lowest BCUT2D eigenvalue weighted by molar-refractivity contribution is 0.414. The van der Waals surface area contributed by atoms with Crippen LogP contribution in [-0.4, -0.2) is 6.17 Å². The van der Waals surface area contributed by atoms with Gasteiger partial charge in [0.2, 0.25) is 0 Å². The molecule has 0 fully saturated rings. The van der Waals surface area contributed by atoms with Gasteiger partial charge < -0.3 is 11.5 Å². The third-order valence-electron chi connectivity index (χ3n) is 1.76. The highest BCUT2D eigenvalue weighted by Gasteiger charge is 2.04. The molecule has 0 aromatic carbocycles. The van der Waals surface area contributed by atoms with Crippen molar-refractivity contribution in [3.05, 3.63) is 0 Å². The van der Waals surface area contributed by atoms with Gasteiger partial charge in [-0.25, -0.2) is 0 Å². The summed E-state index contributed by atoms with van der Waals surface area (Å²) in [5.74, 6) is 0.727. The van der Waals surface area contributed by atoms with Gasteiger partial charge in [0.1, 0.15) is 0 Å². The molecule has 9 heavy (non-hydrogen) atoms. The minimum absolute atomic E-state index is 0.116. The molecule has 0 radical (unpaired) electrons. The van der Waals surface area contributed by atoms with Gasteiger partial charge in [0.15, 0.2) is 0 Å². The van der Waals surface area contributed by atoms with Crippen LogP contribution in [-0.2, 0) is 0 Å². The van der Waals surface area contributed by atoms with Crippen LogP contribution in [0.4, 0.5) is 0 Å². The van der Waals surface area contributed by atoms with Crippen molar-refractivity contribution in [1.82, 2.24) is 0 Å². The van der Waals surface area contributed by atoms with E-state index in [0.29, 0.717) is 0 Å². The summed E-state index contributed by atoms with van der Waals surface area (Å²) in [6.07, 6.45) is 3.24. The quantitative estimate of drug-likeness (QED) is 0.559. The van der Waals surface area contributed by atoms with Crippen molar-refractivity contribution in [3.8, 4) is 0 Å². The molecule has 0 aliphatic rings. The zero-order chi connectivity index (χ0) is 7.28. The Morgan fingerprint density at radius 3 is 1.67 bits per heavy atom. The molecule has 0 unspecified atom stereocenters. The average molecular weight is 130 g/mol. The summed E-state index contributed by atoms with van der Waals surface area (Å²) in [5.41, 5.74) is 10.8. The summed E-state index contributed by atoms with van der Waals surface area (Å²) >= 11 is 0. The highest BCUT2D eigenvalue weighted by molar-refractivity contribution is 4.60. The number of rotatable bonds is 4. The van der Waals surface area contributed by atoms with E-state index in [0.717, 1.165) is 12.3 Å². The lowest BCUT2D eigenvalue weighted by Crippen LogP contribution is -2.32. The Morgan fingerprint density at radius 1 is 1.11 bits per heavy atom. The molecule has 4 N–H and O–H groups in total. The van der Waals surface area contributed by atoms with E-state index < -0.39 is 0 Å². The Kier molecular flexibility index (Phi) is 4.72. The molecule has 0 aromatic rings. The molecule has 0 saturated carbocycles. The first-order valence-corrected chi connectivity index (χ1v) is 3.71. The fourth-order valence-corrected chi connectivity index (χ4v) is 1.01. The molecule has 0 atom stereocenters. The van der Waals surface area contributed by atoms with E-state index in [4.69, 9.17) is 11.5 Å². The lowest BCUT2D eigenvalue weighted by atomic mass is 9.98. The zero-order valence-corrected chi connectivity index (χ0v) is 6.43. The van der Waals surface area contributed by atoms with Crippen LogP contribution in [0.2, 0.25) is 0 Å². The molecule has 0 spiro atoms. The second-order valence-corrected chi connectivity index (χ2v) is 2.58. The first-order valence-electron chi connectivity index (χ1n) is 3.71. The second-order valence-electron chi connectivity index (χ2n) is 2.58.